The van der Waals surface area contributed by atoms with Crippen LogP contribution in [0.15, 0.2) is 48.5 Å². The Labute approximate surface area is 155 Å². The summed E-state index contributed by atoms with van der Waals surface area (Å²) in [7, 11) is 0. The van der Waals surface area contributed by atoms with Crippen molar-refractivity contribution < 1.29 is 22.8 Å². The van der Waals surface area contributed by atoms with Gasteiger partial charge in [0, 0.05) is 19.2 Å². The van der Waals surface area contributed by atoms with E-state index in [0.717, 1.165) is 42.0 Å². The highest BCUT2D eigenvalue weighted by Gasteiger charge is 2.36. The summed E-state index contributed by atoms with van der Waals surface area (Å²) in [5.41, 5.74) is 0.520. The molecule has 0 N–H and O–H groups in total. The Balaban J connectivity index is 1.91. The van der Waals surface area contributed by atoms with Crippen molar-refractivity contribution in [2.45, 2.75) is 25.9 Å². The van der Waals surface area contributed by atoms with Crippen LogP contribution in [0.5, 0.6) is 0 Å². The number of fused-ring (bicyclic) bond motifs is 1. The van der Waals surface area contributed by atoms with Crippen LogP contribution in [0, 0.1) is 0 Å². The van der Waals surface area contributed by atoms with E-state index in [-0.39, 0.29) is 5.69 Å². The molecule has 7 heteroatoms. The van der Waals surface area contributed by atoms with Gasteiger partial charge in [-0.1, -0.05) is 30.3 Å². The fourth-order valence-corrected chi connectivity index (χ4v) is 3.33. The molecule has 0 aliphatic carbocycles. The topological polar surface area (TPSA) is 40.6 Å². The number of benzene rings is 2. The van der Waals surface area contributed by atoms with Crippen molar-refractivity contribution in [2.75, 3.05) is 22.9 Å². The minimum absolute atomic E-state index is 0.309. The van der Waals surface area contributed by atoms with Gasteiger partial charge in [-0.05, 0) is 36.6 Å². The van der Waals surface area contributed by atoms with Crippen molar-refractivity contribution in [3.8, 4) is 0 Å². The minimum Gasteiger partial charge on any atom is -0.311 e. The van der Waals surface area contributed by atoms with Gasteiger partial charge in [0.25, 0.3) is 0 Å². The number of amides is 2. The number of carbonyl (C=O) groups is 2. The predicted octanol–water partition coefficient (Wildman–Crippen LogP) is 4.04. The second kappa shape index (κ2) is 7.42. The van der Waals surface area contributed by atoms with E-state index in [1.165, 1.54) is 18.2 Å². The van der Waals surface area contributed by atoms with Crippen LogP contribution in [-0.2, 0) is 22.2 Å². The molecule has 1 aliphatic heterocycles. The van der Waals surface area contributed by atoms with E-state index < -0.39 is 30.1 Å². The van der Waals surface area contributed by atoms with E-state index in [0.29, 0.717) is 6.54 Å². The minimum atomic E-state index is -4.62. The molecule has 0 fully saturated rings. The molecule has 0 saturated carbocycles. The molecule has 0 radical (unpaired) electrons. The van der Waals surface area contributed by atoms with Crippen LogP contribution < -0.4 is 9.80 Å². The lowest BCUT2D eigenvalue weighted by Crippen LogP contribution is -2.44. The lowest BCUT2D eigenvalue weighted by molar-refractivity contribution is -0.137. The highest BCUT2D eigenvalue weighted by atomic mass is 19.4. The third kappa shape index (κ3) is 3.97. The Hall–Kier alpha value is -2.83. The molecule has 2 aromatic carbocycles. The molecule has 27 heavy (non-hydrogen) atoms. The van der Waals surface area contributed by atoms with Gasteiger partial charge in [0.1, 0.15) is 6.54 Å². The highest BCUT2D eigenvalue weighted by Crippen LogP contribution is 2.36. The standard InChI is InChI=1S/C20H19F3N2O2/c1-14(26)25(18-11-5-3-9-16(18)20(21,22)23)13-19(27)24-12-6-8-15-7-2-4-10-17(15)24/h2-5,7,9-11H,6,8,12-13H2,1H3. The lowest BCUT2D eigenvalue weighted by Gasteiger charge is -2.32. The monoisotopic (exact) mass is 376 g/mol. The number of hydrogen-bond acceptors (Lipinski definition) is 2. The average Bonchev–Trinajstić information content (AvgIpc) is 2.64. The zero-order valence-corrected chi connectivity index (χ0v) is 14.8. The molecule has 0 atom stereocenters. The van der Waals surface area contributed by atoms with Crippen LogP contribution in [0.4, 0.5) is 24.5 Å². The van der Waals surface area contributed by atoms with E-state index in [1.54, 1.807) is 4.90 Å². The van der Waals surface area contributed by atoms with Gasteiger partial charge < -0.3 is 9.80 Å². The Bertz CT molecular complexity index is 864. The summed E-state index contributed by atoms with van der Waals surface area (Å²) in [5.74, 6) is -1.03. The smallest absolute Gasteiger partial charge is 0.311 e. The van der Waals surface area contributed by atoms with Crippen molar-refractivity contribution in [2.24, 2.45) is 0 Å². The van der Waals surface area contributed by atoms with Gasteiger partial charge in [-0.2, -0.15) is 13.2 Å². The van der Waals surface area contributed by atoms with Crippen LogP contribution in [0.25, 0.3) is 0 Å². The molecule has 0 saturated heterocycles. The largest absolute Gasteiger partial charge is 0.418 e. The summed E-state index contributed by atoms with van der Waals surface area (Å²) in [4.78, 5) is 27.4. The molecule has 0 bridgehead atoms. The lowest BCUT2D eigenvalue weighted by atomic mass is 10.0. The van der Waals surface area contributed by atoms with Gasteiger partial charge in [0.05, 0.1) is 11.3 Å². The van der Waals surface area contributed by atoms with E-state index in [1.807, 2.05) is 24.3 Å². The Kier molecular flexibility index (Phi) is 5.21. The second-order valence-electron chi connectivity index (χ2n) is 6.40. The fraction of sp³-hybridized carbons (Fsp3) is 0.300. The summed E-state index contributed by atoms with van der Waals surface area (Å²) in [6, 6.07) is 12.2. The fourth-order valence-electron chi connectivity index (χ4n) is 3.33. The molecule has 1 heterocycles. The van der Waals surface area contributed by atoms with E-state index in [9.17, 15) is 22.8 Å². The zero-order valence-electron chi connectivity index (χ0n) is 14.8. The normalized spacial score (nSPS) is 13.9. The zero-order chi connectivity index (χ0) is 19.6. The number of halogens is 3. The summed E-state index contributed by atoms with van der Waals surface area (Å²) < 4.78 is 40.0. The highest BCUT2D eigenvalue weighted by molar-refractivity contribution is 6.03. The summed E-state index contributed by atoms with van der Waals surface area (Å²) in [5, 5.41) is 0. The molecule has 0 unspecified atom stereocenters. The Morgan fingerprint density at radius 3 is 2.44 bits per heavy atom. The molecule has 0 spiro atoms. The van der Waals surface area contributed by atoms with Crippen LogP contribution in [0.1, 0.15) is 24.5 Å². The first-order chi connectivity index (χ1) is 12.8. The van der Waals surface area contributed by atoms with E-state index in [2.05, 4.69) is 0 Å². The predicted molar refractivity (Wildman–Crippen MR) is 96.6 cm³/mol. The summed E-state index contributed by atoms with van der Waals surface area (Å²) in [6.07, 6.45) is -3.01. The van der Waals surface area contributed by atoms with Gasteiger partial charge in [0.15, 0.2) is 0 Å². The average molecular weight is 376 g/mol. The number of aryl methyl sites for hydroxylation is 1. The molecule has 2 amide bonds. The van der Waals surface area contributed by atoms with Crippen molar-refractivity contribution in [3.63, 3.8) is 0 Å². The van der Waals surface area contributed by atoms with Gasteiger partial charge in [-0.3, -0.25) is 9.59 Å². The quantitative estimate of drug-likeness (QED) is 0.811. The molecule has 3 rings (SSSR count). The maximum absolute atomic E-state index is 13.3. The molecule has 0 aromatic heterocycles. The van der Waals surface area contributed by atoms with Gasteiger partial charge in [-0.25, -0.2) is 0 Å². The number of alkyl halides is 3. The first-order valence-corrected chi connectivity index (χ1v) is 8.61. The maximum Gasteiger partial charge on any atom is 0.418 e. The van der Waals surface area contributed by atoms with Crippen molar-refractivity contribution in [3.05, 3.63) is 59.7 Å². The van der Waals surface area contributed by atoms with Crippen molar-refractivity contribution >= 4 is 23.2 Å². The van der Waals surface area contributed by atoms with Gasteiger partial charge in [-0.15, -0.1) is 0 Å². The first kappa shape index (κ1) is 18.9. The van der Waals surface area contributed by atoms with Gasteiger partial charge >= 0.3 is 6.18 Å². The third-order valence-electron chi connectivity index (χ3n) is 4.59. The number of carbonyl (C=O) groups excluding carboxylic acids is 2. The molecule has 1 aliphatic rings. The maximum atomic E-state index is 13.3. The number of hydrogen-bond donors (Lipinski definition) is 0. The van der Waals surface area contributed by atoms with Gasteiger partial charge in [0.2, 0.25) is 11.8 Å². The molecular weight excluding hydrogens is 357 g/mol. The first-order valence-electron chi connectivity index (χ1n) is 8.61. The van der Waals surface area contributed by atoms with Crippen LogP contribution in [-0.4, -0.2) is 24.9 Å². The number of rotatable bonds is 3. The third-order valence-corrected chi connectivity index (χ3v) is 4.59. The SMILES string of the molecule is CC(=O)N(CC(=O)N1CCCc2ccccc21)c1ccccc1C(F)(F)F. The van der Waals surface area contributed by atoms with E-state index in [4.69, 9.17) is 0 Å². The number of nitrogens with zero attached hydrogens (tertiary/aromatic N) is 2. The Morgan fingerprint density at radius 1 is 1.07 bits per heavy atom. The summed E-state index contributed by atoms with van der Waals surface area (Å²) >= 11 is 0. The number of anilines is 2. The summed E-state index contributed by atoms with van der Waals surface area (Å²) in [6.45, 7) is 1.18. The Morgan fingerprint density at radius 2 is 1.74 bits per heavy atom. The van der Waals surface area contributed by atoms with Crippen LogP contribution in [0.2, 0.25) is 0 Å². The molecule has 4 nitrogen and oxygen atoms in total. The van der Waals surface area contributed by atoms with Crippen LogP contribution >= 0.6 is 0 Å². The van der Waals surface area contributed by atoms with Crippen molar-refractivity contribution in [1.29, 1.82) is 0 Å². The molecular formula is C20H19F3N2O2. The van der Waals surface area contributed by atoms with Crippen molar-refractivity contribution in [1.82, 2.24) is 0 Å². The number of para-hydroxylation sites is 2. The van der Waals surface area contributed by atoms with Crippen LogP contribution in [0.3, 0.4) is 0 Å². The second-order valence-corrected chi connectivity index (χ2v) is 6.40. The molecule has 2 aromatic rings. The van der Waals surface area contributed by atoms with E-state index >= 15 is 0 Å². The molecule has 142 valence electrons.